The molecule has 0 aliphatic heterocycles. The summed E-state index contributed by atoms with van der Waals surface area (Å²) >= 11 is 6.17. The van der Waals surface area contributed by atoms with Crippen LogP contribution in [-0.4, -0.2) is 25.0 Å². The molecule has 6 heteroatoms. The summed E-state index contributed by atoms with van der Waals surface area (Å²) in [6, 6.07) is 14.1. The number of benzene rings is 2. The standard InChI is InChI=1S/C21H25ClN2O3/c1-3-4-13-27-21(26)16-9-11-17(12-10-16)24-20(25)14-23-15(2)18-7-5-6-8-19(18)22/h5-12,15,23H,3-4,13-14H2,1-2H3,(H,24,25). The Morgan fingerprint density at radius 3 is 2.48 bits per heavy atom. The van der Waals surface area contributed by atoms with Gasteiger partial charge in [0, 0.05) is 16.8 Å². The number of nitrogens with one attached hydrogen (secondary N) is 2. The highest BCUT2D eigenvalue weighted by Crippen LogP contribution is 2.21. The first-order valence-electron chi connectivity index (χ1n) is 9.06. The first-order valence-corrected chi connectivity index (χ1v) is 9.44. The number of hydrogen-bond donors (Lipinski definition) is 2. The molecular formula is C21H25ClN2O3. The highest BCUT2D eigenvalue weighted by molar-refractivity contribution is 6.31. The molecule has 1 atom stereocenters. The van der Waals surface area contributed by atoms with Gasteiger partial charge >= 0.3 is 5.97 Å². The van der Waals surface area contributed by atoms with E-state index in [1.165, 1.54) is 0 Å². The zero-order chi connectivity index (χ0) is 19.6. The minimum atomic E-state index is -0.350. The number of unbranched alkanes of at least 4 members (excludes halogenated alkanes) is 1. The Balaban J connectivity index is 1.82. The van der Waals surface area contributed by atoms with E-state index in [9.17, 15) is 9.59 Å². The Morgan fingerprint density at radius 2 is 1.81 bits per heavy atom. The summed E-state index contributed by atoms with van der Waals surface area (Å²) < 4.78 is 5.16. The summed E-state index contributed by atoms with van der Waals surface area (Å²) in [7, 11) is 0. The average molecular weight is 389 g/mol. The molecule has 2 N–H and O–H groups in total. The summed E-state index contributed by atoms with van der Waals surface area (Å²) in [5.41, 5.74) is 2.03. The second kappa shape index (κ2) is 10.7. The summed E-state index contributed by atoms with van der Waals surface area (Å²) in [6.07, 6.45) is 1.82. The first-order chi connectivity index (χ1) is 13.0. The third-order valence-corrected chi connectivity index (χ3v) is 4.42. The van der Waals surface area contributed by atoms with Crippen molar-refractivity contribution in [3.8, 4) is 0 Å². The highest BCUT2D eigenvalue weighted by atomic mass is 35.5. The summed E-state index contributed by atoms with van der Waals surface area (Å²) in [6.45, 7) is 4.55. The molecule has 1 unspecified atom stereocenters. The van der Waals surface area contributed by atoms with E-state index in [0.29, 0.717) is 22.9 Å². The normalized spacial score (nSPS) is 11.7. The molecule has 2 aromatic rings. The molecule has 27 heavy (non-hydrogen) atoms. The molecule has 0 radical (unpaired) electrons. The van der Waals surface area contributed by atoms with Gasteiger partial charge in [-0.2, -0.15) is 0 Å². The summed E-state index contributed by atoms with van der Waals surface area (Å²) in [5, 5.41) is 6.61. The van der Waals surface area contributed by atoms with Gasteiger partial charge in [-0.1, -0.05) is 43.1 Å². The van der Waals surface area contributed by atoms with Gasteiger partial charge in [-0.15, -0.1) is 0 Å². The molecule has 2 aromatic carbocycles. The molecule has 144 valence electrons. The molecule has 5 nitrogen and oxygen atoms in total. The lowest BCUT2D eigenvalue weighted by molar-refractivity contribution is -0.115. The van der Waals surface area contributed by atoms with Gasteiger partial charge in [0.25, 0.3) is 0 Å². The number of carbonyl (C=O) groups excluding carboxylic acids is 2. The molecule has 0 heterocycles. The number of halogens is 1. The number of carbonyl (C=O) groups is 2. The minimum Gasteiger partial charge on any atom is -0.462 e. The lowest BCUT2D eigenvalue weighted by Gasteiger charge is -2.15. The van der Waals surface area contributed by atoms with Crippen molar-refractivity contribution in [3.05, 3.63) is 64.7 Å². The van der Waals surface area contributed by atoms with Crippen molar-refractivity contribution in [1.82, 2.24) is 5.32 Å². The fourth-order valence-corrected chi connectivity index (χ4v) is 2.77. The minimum absolute atomic E-state index is 0.0512. The summed E-state index contributed by atoms with van der Waals surface area (Å²) in [5.74, 6) is -0.524. The number of esters is 1. The van der Waals surface area contributed by atoms with Crippen LogP contribution in [0.2, 0.25) is 5.02 Å². The lowest BCUT2D eigenvalue weighted by atomic mass is 10.1. The van der Waals surface area contributed by atoms with E-state index in [2.05, 4.69) is 10.6 Å². The Hall–Kier alpha value is -2.37. The first kappa shape index (κ1) is 20.9. The molecule has 0 aromatic heterocycles. The number of ether oxygens (including phenoxy) is 1. The van der Waals surface area contributed by atoms with Gasteiger partial charge in [0.1, 0.15) is 0 Å². The third kappa shape index (κ3) is 6.70. The van der Waals surface area contributed by atoms with E-state index in [1.807, 2.05) is 38.1 Å². The van der Waals surface area contributed by atoms with E-state index in [4.69, 9.17) is 16.3 Å². The van der Waals surface area contributed by atoms with Crippen LogP contribution in [0, 0.1) is 0 Å². The predicted octanol–water partition coefficient (Wildman–Crippen LogP) is 4.59. The average Bonchev–Trinajstić information content (AvgIpc) is 2.67. The maximum absolute atomic E-state index is 12.1. The topological polar surface area (TPSA) is 67.4 Å². The summed E-state index contributed by atoms with van der Waals surface area (Å²) in [4.78, 5) is 24.0. The highest BCUT2D eigenvalue weighted by Gasteiger charge is 2.11. The Morgan fingerprint density at radius 1 is 1.11 bits per heavy atom. The van der Waals surface area contributed by atoms with Crippen LogP contribution in [0.25, 0.3) is 0 Å². The molecule has 0 bridgehead atoms. The molecular weight excluding hydrogens is 364 g/mol. The van der Waals surface area contributed by atoms with E-state index < -0.39 is 0 Å². The van der Waals surface area contributed by atoms with Crippen LogP contribution in [0.5, 0.6) is 0 Å². The van der Waals surface area contributed by atoms with Gasteiger partial charge in [-0.25, -0.2) is 4.79 Å². The van der Waals surface area contributed by atoms with Crippen molar-refractivity contribution >= 4 is 29.2 Å². The fourth-order valence-electron chi connectivity index (χ4n) is 2.47. The monoisotopic (exact) mass is 388 g/mol. The molecule has 2 rings (SSSR count). The van der Waals surface area contributed by atoms with Crippen LogP contribution in [0.1, 0.15) is 48.7 Å². The molecule has 1 amide bonds. The van der Waals surface area contributed by atoms with E-state index in [-0.39, 0.29) is 24.5 Å². The largest absolute Gasteiger partial charge is 0.462 e. The molecule has 0 aliphatic rings. The number of anilines is 1. The van der Waals surface area contributed by atoms with Gasteiger partial charge in [0.2, 0.25) is 5.91 Å². The van der Waals surface area contributed by atoms with Crippen LogP contribution in [0.15, 0.2) is 48.5 Å². The van der Waals surface area contributed by atoms with Crippen molar-refractivity contribution in [2.24, 2.45) is 0 Å². The van der Waals surface area contributed by atoms with Crippen LogP contribution < -0.4 is 10.6 Å². The Bertz CT molecular complexity index is 762. The number of hydrogen-bond acceptors (Lipinski definition) is 4. The fraction of sp³-hybridized carbons (Fsp3) is 0.333. The van der Waals surface area contributed by atoms with E-state index in [1.54, 1.807) is 24.3 Å². The molecule has 0 spiro atoms. The van der Waals surface area contributed by atoms with Crippen molar-refractivity contribution in [3.63, 3.8) is 0 Å². The zero-order valence-corrected chi connectivity index (χ0v) is 16.4. The molecule has 0 saturated carbocycles. The quantitative estimate of drug-likeness (QED) is 0.487. The SMILES string of the molecule is CCCCOC(=O)c1ccc(NC(=O)CNC(C)c2ccccc2Cl)cc1. The van der Waals surface area contributed by atoms with Crippen LogP contribution in [-0.2, 0) is 9.53 Å². The lowest BCUT2D eigenvalue weighted by Crippen LogP contribution is -2.30. The third-order valence-electron chi connectivity index (χ3n) is 4.08. The molecule has 0 aliphatic carbocycles. The van der Waals surface area contributed by atoms with Gasteiger partial charge < -0.3 is 15.4 Å². The Kier molecular flexibility index (Phi) is 8.30. The van der Waals surface area contributed by atoms with Gasteiger partial charge in [-0.05, 0) is 49.2 Å². The van der Waals surface area contributed by atoms with Crippen molar-refractivity contribution in [2.45, 2.75) is 32.7 Å². The smallest absolute Gasteiger partial charge is 0.338 e. The van der Waals surface area contributed by atoms with Gasteiger partial charge in [0.15, 0.2) is 0 Å². The van der Waals surface area contributed by atoms with E-state index >= 15 is 0 Å². The second-order valence-electron chi connectivity index (χ2n) is 6.24. The maximum Gasteiger partial charge on any atom is 0.338 e. The molecule has 0 saturated heterocycles. The Labute approximate surface area is 165 Å². The van der Waals surface area contributed by atoms with E-state index in [0.717, 1.165) is 18.4 Å². The van der Waals surface area contributed by atoms with Crippen LogP contribution in [0.4, 0.5) is 5.69 Å². The number of amides is 1. The maximum atomic E-state index is 12.1. The van der Waals surface area contributed by atoms with Crippen molar-refractivity contribution in [2.75, 3.05) is 18.5 Å². The van der Waals surface area contributed by atoms with Crippen molar-refractivity contribution in [1.29, 1.82) is 0 Å². The number of rotatable bonds is 9. The van der Waals surface area contributed by atoms with Gasteiger partial charge in [0.05, 0.1) is 18.7 Å². The van der Waals surface area contributed by atoms with Crippen molar-refractivity contribution < 1.29 is 14.3 Å². The van der Waals surface area contributed by atoms with Crippen LogP contribution >= 0.6 is 11.6 Å². The van der Waals surface area contributed by atoms with Gasteiger partial charge in [-0.3, -0.25) is 4.79 Å². The molecule has 0 fully saturated rings. The second-order valence-corrected chi connectivity index (χ2v) is 6.65. The zero-order valence-electron chi connectivity index (χ0n) is 15.6. The van der Waals surface area contributed by atoms with Crippen LogP contribution in [0.3, 0.4) is 0 Å². The predicted molar refractivity (Wildman–Crippen MR) is 108 cm³/mol.